The van der Waals surface area contributed by atoms with Gasteiger partial charge < -0.3 is 25.8 Å². The molecule has 0 fully saturated rings. The van der Waals surface area contributed by atoms with Gasteiger partial charge >= 0.3 is 0 Å². The van der Waals surface area contributed by atoms with Gasteiger partial charge in [-0.1, -0.05) is 6.92 Å². The number of anilines is 2. The van der Waals surface area contributed by atoms with Gasteiger partial charge in [0.15, 0.2) is 11.5 Å². The molecule has 0 saturated carbocycles. The molecule has 0 spiro atoms. The van der Waals surface area contributed by atoms with E-state index in [0.29, 0.717) is 41.5 Å². The van der Waals surface area contributed by atoms with Gasteiger partial charge in [0.25, 0.3) is 0 Å². The highest BCUT2D eigenvalue weighted by Crippen LogP contribution is 2.34. The van der Waals surface area contributed by atoms with E-state index >= 15 is 0 Å². The van der Waals surface area contributed by atoms with Crippen molar-refractivity contribution in [3.63, 3.8) is 0 Å². The van der Waals surface area contributed by atoms with Gasteiger partial charge in [-0.2, -0.15) is 0 Å². The molecule has 0 aromatic heterocycles. The van der Waals surface area contributed by atoms with E-state index in [1.165, 1.54) is 0 Å². The summed E-state index contributed by atoms with van der Waals surface area (Å²) >= 11 is 0. The van der Waals surface area contributed by atoms with Gasteiger partial charge in [-0.3, -0.25) is 19.3 Å². The predicted octanol–water partition coefficient (Wildman–Crippen LogP) is 1.80. The maximum Gasteiger partial charge on any atom is 0.248 e. The summed E-state index contributed by atoms with van der Waals surface area (Å²) in [5.74, 6) is 0.360. The molecule has 30 heavy (non-hydrogen) atoms. The number of primary amides is 1. The van der Waals surface area contributed by atoms with E-state index in [1.807, 2.05) is 11.8 Å². The summed E-state index contributed by atoms with van der Waals surface area (Å²) in [4.78, 5) is 37.5. The minimum absolute atomic E-state index is 0.158. The fourth-order valence-corrected chi connectivity index (χ4v) is 2.93. The third-order valence-corrected chi connectivity index (χ3v) is 4.58. The van der Waals surface area contributed by atoms with E-state index < -0.39 is 5.91 Å². The molecule has 0 unspecified atom stereocenters. The van der Waals surface area contributed by atoms with Crippen LogP contribution >= 0.6 is 0 Å². The maximum absolute atomic E-state index is 12.3. The normalized spacial score (nSPS) is 11.9. The molecule has 3 amide bonds. The van der Waals surface area contributed by atoms with Crippen molar-refractivity contribution in [3.8, 4) is 11.5 Å². The summed E-state index contributed by atoms with van der Waals surface area (Å²) in [6, 6.07) is 11.6. The molecule has 1 aliphatic rings. The molecule has 0 bridgehead atoms. The lowest BCUT2D eigenvalue weighted by Crippen LogP contribution is -2.35. The van der Waals surface area contributed by atoms with Crippen molar-refractivity contribution in [1.29, 1.82) is 0 Å². The minimum Gasteiger partial charge on any atom is -0.454 e. The fourth-order valence-electron chi connectivity index (χ4n) is 2.93. The van der Waals surface area contributed by atoms with E-state index in [1.54, 1.807) is 42.5 Å². The van der Waals surface area contributed by atoms with E-state index in [-0.39, 0.29) is 31.6 Å². The molecule has 2 aromatic rings. The average Bonchev–Trinajstić information content (AvgIpc) is 3.19. The second kappa shape index (κ2) is 9.75. The lowest BCUT2D eigenvalue weighted by Gasteiger charge is -2.19. The quantitative estimate of drug-likeness (QED) is 0.577. The number of nitrogens with two attached hydrogens (primary N) is 1. The minimum atomic E-state index is -0.523. The Labute approximate surface area is 174 Å². The topological polar surface area (TPSA) is 123 Å². The van der Waals surface area contributed by atoms with Crippen molar-refractivity contribution in [2.45, 2.75) is 13.3 Å². The van der Waals surface area contributed by atoms with Gasteiger partial charge in [0.2, 0.25) is 24.5 Å². The number of amides is 3. The Morgan fingerprint density at radius 2 is 1.63 bits per heavy atom. The molecule has 9 heteroatoms. The Morgan fingerprint density at radius 3 is 2.33 bits per heavy atom. The summed E-state index contributed by atoms with van der Waals surface area (Å²) in [5, 5.41) is 5.58. The van der Waals surface area contributed by atoms with Crippen LogP contribution in [0.2, 0.25) is 0 Å². The van der Waals surface area contributed by atoms with Gasteiger partial charge in [-0.05, 0) is 42.9 Å². The van der Waals surface area contributed by atoms with Crippen LogP contribution in [0.3, 0.4) is 0 Å². The highest BCUT2D eigenvalue weighted by atomic mass is 16.7. The number of carbonyl (C=O) groups is 3. The van der Waals surface area contributed by atoms with Gasteiger partial charge in [-0.25, -0.2) is 0 Å². The van der Waals surface area contributed by atoms with Crippen molar-refractivity contribution < 1.29 is 23.9 Å². The molecule has 0 aliphatic carbocycles. The molecule has 0 radical (unpaired) electrons. The van der Waals surface area contributed by atoms with E-state index in [2.05, 4.69) is 10.6 Å². The van der Waals surface area contributed by atoms with Crippen molar-refractivity contribution in [1.82, 2.24) is 4.90 Å². The number of carbonyl (C=O) groups excluding carboxylic acids is 3. The molecule has 1 aliphatic heterocycles. The average molecular weight is 412 g/mol. The second-order valence-corrected chi connectivity index (χ2v) is 6.72. The largest absolute Gasteiger partial charge is 0.454 e. The fraction of sp³-hybridized carbons (Fsp3) is 0.286. The molecular formula is C21H24N4O5. The van der Waals surface area contributed by atoms with Gasteiger partial charge in [0.1, 0.15) is 0 Å². The first-order valence-electron chi connectivity index (χ1n) is 9.56. The number of likely N-dealkylation sites (N-methyl/N-ethyl adjacent to an activating group) is 1. The van der Waals surface area contributed by atoms with Crippen LogP contribution in [0.1, 0.15) is 23.7 Å². The Kier molecular flexibility index (Phi) is 6.87. The Bertz CT molecular complexity index is 929. The zero-order chi connectivity index (χ0) is 21.5. The van der Waals surface area contributed by atoms with Crippen LogP contribution in [0.5, 0.6) is 11.5 Å². The molecule has 158 valence electrons. The van der Waals surface area contributed by atoms with E-state index in [9.17, 15) is 14.4 Å². The van der Waals surface area contributed by atoms with Crippen molar-refractivity contribution in [3.05, 3.63) is 48.0 Å². The maximum atomic E-state index is 12.3. The molecule has 0 atom stereocenters. The summed E-state index contributed by atoms with van der Waals surface area (Å²) in [6.45, 7) is 3.30. The first kappa shape index (κ1) is 21.1. The van der Waals surface area contributed by atoms with Crippen LogP contribution in [0, 0.1) is 0 Å². The molecule has 1 heterocycles. The molecule has 4 N–H and O–H groups in total. The number of hydrogen-bond acceptors (Lipinski definition) is 6. The number of benzene rings is 2. The SMILES string of the molecule is CCN(CCC(=O)Nc1ccc(C(N)=O)cc1)CC(=O)Nc1ccc2c(c1)OCO2. The molecule has 9 nitrogen and oxygen atoms in total. The monoisotopic (exact) mass is 412 g/mol. The van der Waals surface area contributed by atoms with Crippen LogP contribution in [-0.2, 0) is 9.59 Å². The first-order chi connectivity index (χ1) is 14.4. The standard InChI is InChI=1S/C21H24N4O5/c1-2-25(10-9-19(26)23-15-5-3-14(4-6-15)21(22)28)12-20(27)24-16-7-8-17-18(11-16)30-13-29-17/h3-8,11H,2,9-10,12-13H2,1H3,(H2,22,28)(H,23,26)(H,24,27). The number of nitrogens with one attached hydrogen (secondary N) is 2. The summed E-state index contributed by atoms with van der Waals surface area (Å²) in [5.41, 5.74) is 6.77. The van der Waals surface area contributed by atoms with E-state index in [4.69, 9.17) is 15.2 Å². The zero-order valence-corrected chi connectivity index (χ0v) is 16.6. The molecule has 0 saturated heterocycles. The van der Waals surface area contributed by atoms with Crippen LogP contribution < -0.4 is 25.8 Å². The smallest absolute Gasteiger partial charge is 0.248 e. The number of nitrogens with zero attached hydrogens (tertiary/aromatic N) is 1. The molecular weight excluding hydrogens is 388 g/mol. The molecule has 2 aromatic carbocycles. The van der Waals surface area contributed by atoms with Crippen LogP contribution in [0.15, 0.2) is 42.5 Å². The number of ether oxygens (including phenoxy) is 2. The molecule has 3 rings (SSSR count). The lowest BCUT2D eigenvalue weighted by atomic mass is 10.2. The Hall–Kier alpha value is -3.59. The lowest BCUT2D eigenvalue weighted by molar-refractivity contribution is -0.119. The third-order valence-electron chi connectivity index (χ3n) is 4.58. The van der Waals surface area contributed by atoms with Crippen LogP contribution in [0.25, 0.3) is 0 Å². The summed E-state index contributed by atoms with van der Waals surface area (Å²) < 4.78 is 10.6. The van der Waals surface area contributed by atoms with Crippen molar-refractivity contribution in [2.75, 3.05) is 37.1 Å². The number of rotatable bonds is 9. The highest BCUT2D eigenvalue weighted by molar-refractivity contribution is 5.95. The van der Waals surface area contributed by atoms with E-state index in [0.717, 1.165) is 0 Å². The van der Waals surface area contributed by atoms with Gasteiger partial charge in [-0.15, -0.1) is 0 Å². The zero-order valence-electron chi connectivity index (χ0n) is 16.6. The van der Waals surface area contributed by atoms with Crippen molar-refractivity contribution >= 4 is 29.1 Å². The number of hydrogen-bond donors (Lipinski definition) is 3. The highest BCUT2D eigenvalue weighted by Gasteiger charge is 2.16. The summed E-state index contributed by atoms with van der Waals surface area (Å²) in [6.07, 6.45) is 0.225. The van der Waals surface area contributed by atoms with Gasteiger partial charge in [0.05, 0.1) is 6.54 Å². The van der Waals surface area contributed by atoms with Crippen LogP contribution in [-0.4, -0.2) is 49.0 Å². The Balaban J connectivity index is 1.44. The first-order valence-corrected chi connectivity index (χ1v) is 9.56. The van der Waals surface area contributed by atoms with Gasteiger partial charge in [0, 0.05) is 36.0 Å². The second-order valence-electron chi connectivity index (χ2n) is 6.72. The Morgan fingerprint density at radius 1 is 0.967 bits per heavy atom. The predicted molar refractivity (Wildman–Crippen MR) is 112 cm³/mol. The third kappa shape index (κ3) is 5.71. The van der Waals surface area contributed by atoms with Crippen LogP contribution in [0.4, 0.5) is 11.4 Å². The number of fused-ring (bicyclic) bond motifs is 1. The summed E-state index contributed by atoms with van der Waals surface area (Å²) in [7, 11) is 0. The van der Waals surface area contributed by atoms with Crippen molar-refractivity contribution in [2.24, 2.45) is 5.73 Å².